The molecule has 0 saturated heterocycles. The average molecular weight is 258 g/mol. The highest BCUT2D eigenvalue weighted by molar-refractivity contribution is 5.78. The summed E-state index contributed by atoms with van der Waals surface area (Å²) in [5.41, 5.74) is 1.87. The van der Waals surface area contributed by atoms with Gasteiger partial charge in [0.05, 0.1) is 11.4 Å². The molecule has 0 saturated carbocycles. The Morgan fingerprint density at radius 1 is 1.32 bits per heavy atom. The van der Waals surface area contributed by atoms with Gasteiger partial charge in [0, 0.05) is 25.1 Å². The van der Waals surface area contributed by atoms with Gasteiger partial charge < -0.3 is 5.11 Å². The summed E-state index contributed by atoms with van der Waals surface area (Å²) in [6.07, 6.45) is 2.96. The summed E-state index contributed by atoms with van der Waals surface area (Å²) in [5.74, 6) is -0.0487. The molecule has 1 N–H and O–H groups in total. The molecule has 0 spiro atoms. The van der Waals surface area contributed by atoms with Crippen molar-refractivity contribution in [3.8, 4) is 5.69 Å². The van der Waals surface area contributed by atoms with Crippen molar-refractivity contribution in [1.29, 1.82) is 0 Å². The van der Waals surface area contributed by atoms with Crippen LogP contribution in [0.2, 0.25) is 0 Å². The number of carbonyl (C=O) groups excluding carboxylic acids is 1. The Morgan fingerprint density at radius 3 is 2.68 bits per heavy atom. The van der Waals surface area contributed by atoms with Crippen LogP contribution in [0, 0.1) is 5.92 Å². The third-order valence-electron chi connectivity index (χ3n) is 3.17. The highest BCUT2D eigenvalue weighted by atomic mass is 16.3. The quantitative estimate of drug-likeness (QED) is 0.862. The lowest BCUT2D eigenvalue weighted by Gasteiger charge is -2.10. The zero-order valence-corrected chi connectivity index (χ0v) is 11.0. The van der Waals surface area contributed by atoms with Crippen molar-refractivity contribution in [2.75, 3.05) is 6.61 Å². The van der Waals surface area contributed by atoms with Crippen LogP contribution in [-0.2, 0) is 11.2 Å². The average Bonchev–Trinajstić information content (AvgIpc) is 2.88. The zero-order valence-electron chi connectivity index (χ0n) is 11.0. The standard InChI is InChI=1S/C15H18N2O2/c1-12(19)13(8-10-18)11-14-7-9-17(16-14)15-5-3-2-4-6-15/h2-7,9,13,18H,8,10-11H2,1H3. The Hall–Kier alpha value is -1.94. The van der Waals surface area contributed by atoms with Gasteiger partial charge in [0.15, 0.2) is 0 Å². The van der Waals surface area contributed by atoms with E-state index in [4.69, 9.17) is 5.11 Å². The molecule has 4 heteroatoms. The maximum atomic E-state index is 11.5. The van der Waals surface area contributed by atoms with E-state index >= 15 is 0 Å². The van der Waals surface area contributed by atoms with Gasteiger partial charge in [0.25, 0.3) is 0 Å². The van der Waals surface area contributed by atoms with E-state index in [0.29, 0.717) is 12.8 Å². The van der Waals surface area contributed by atoms with Crippen molar-refractivity contribution >= 4 is 5.78 Å². The number of ketones is 1. The van der Waals surface area contributed by atoms with Crippen LogP contribution < -0.4 is 0 Å². The molecule has 2 aromatic rings. The number of rotatable bonds is 6. The summed E-state index contributed by atoms with van der Waals surface area (Å²) in [4.78, 5) is 11.5. The second kappa shape index (κ2) is 6.29. The first-order valence-electron chi connectivity index (χ1n) is 6.42. The van der Waals surface area contributed by atoms with E-state index in [1.165, 1.54) is 0 Å². The van der Waals surface area contributed by atoms with E-state index in [-0.39, 0.29) is 18.3 Å². The van der Waals surface area contributed by atoms with Crippen LogP contribution in [0.15, 0.2) is 42.6 Å². The van der Waals surface area contributed by atoms with E-state index in [1.807, 2.05) is 42.6 Å². The molecule has 0 aliphatic carbocycles. The first-order chi connectivity index (χ1) is 9.20. The SMILES string of the molecule is CC(=O)C(CCO)Cc1ccn(-c2ccccc2)n1. The second-order valence-corrected chi connectivity index (χ2v) is 4.61. The zero-order chi connectivity index (χ0) is 13.7. The van der Waals surface area contributed by atoms with Crippen molar-refractivity contribution in [2.45, 2.75) is 19.8 Å². The number of benzene rings is 1. The molecule has 1 aromatic heterocycles. The fraction of sp³-hybridized carbons (Fsp3) is 0.333. The highest BCUT2D eigenvalue weighted by Crippen LogP contribution is 2.13. The van der Waals surface area contributed by atoms with Crippen LogP contribution >= 0.6 is 0 Å². The minimum absolute atomic E-state index is 0.0314. The molecule has 0 amide bonds. The van der Waals surface area contributed by atoms with Crippen LogP contribution in [0.4, 0.5) is 0 Å². The van der Waals surface area contributed by atoms with Gasteiger partial charge in [0.2, 0.25) is 0 Å². The summed E-state index contributed by atoms with van der Waals surface area (Å²) < 4.78 is 1.80. The van der Waals surface area contributed by atoms with Crippen LogP contribution in [0.25, 0.3) is 5.69 Å². The summed E-state index contributed by atoms with van der Waals surface area (Å²) in [6, 6.07) is 11.8. The third kappa shape index (κ3) is 3.51. The maximum Gasteiger partial charge on any atom is 0.133 e. The first-order valence-corrected chi connectivity index (χ1v) is 6.42. The van der Waals surface area contributed by atoms with Gasteiger partial charge in [0.1, 0.15) is 5.78 Å². The van der Waals surface area contributed by atoms with Crippen LogP contribution in [-0.4, -0.2) is 27.3 Å². The molecular weight excluding hydrogens is 240 g/mol. The Balaban J connectivity index is 2.11. The number of hydrogen-bond acceptors (Lipinski definition) is 3. The lowest BCUT2D eigenvalue weighted by Crippen LogP contribution is -2.16. The molecule has 2 rings (SSSR count). The predicted octanol–water partition coefficient (Wildman–Crippen LogP) is 2.00. The number of hydrogen-bond donors (Lipinski definition) is 1. The lowest BCUT2D eigenvalue weighted by atomic mass is 9.96. The minimum atomic E-state index is -0.149. The largest absolute Gasteiger partial charge is 0.396 e. The van der Waals surface area contributed by atoms with E-state index in [0.717, 1.165) is 11.4 Å². The molecule has 0 radical (unpaired) electrons. The third-order valence-corrected chi connectivity index (χ3v) is 3.17. The van der Waals surface area contributed by atoms with Gasteiger partial charge in [-0.25, -0.2) is 4.68 Å². The molecule has 0 fully saturated rings. The van der Waals surface area contributed by atoms with E-state index in [2.05, 4.69) is 5.10 Å². The summed E-state index contributed by atoms with van der Waals surface area (Å²) in [7, 11) is 0. The molecule has 100 valence electrons. The molecule has 1 atom stereocenters. The molecule has 0 aliphatic heterocycles. The van der Waals surface area contributed by atoms with Crippen LogP contribution in [0.1, 0.15) is 19.0 Å². The normalized spacial score (nSPS) is 12.3. The Morgan fingerprint density at radius 2 is 2.05 bits per heavy atom. The highest BCUT2D eigenvalue weighted by Gasteiger charge is 2.15. The minimum Gasteiger partial charge on any atom is -0.396 e. The lowest BCUT2D eigenvalue weighted by molar-refractivity contribution is -0.121. The molecule has 19 heavy (non-hydrogen) atoms. The van der Waals surface area contributed by atoms with Crippen LogP contribution in [0.5, 0.6) is 0 Å². The summed E-state index contributed by atoms with van der Waals surface area (Å²) >= 11 is 0. The Kier molecular flexibility index (Phi) is 4.47. The van der Waals surface area contributed by atoms with Crippen LogP contribution in [0.3, 0.4) is 0 Å². The molecule has 1 heterocycles. The van der Waals surface area contributed by atoms with Gasteiger partial charge in [-0.3, -0.25) is 4.79 Å². The van der Waals surface area contributed by atoms with Gasteiger partial charge in [-0.15, -0.1) is 0 Å². The number of Topliss-reactive ketones (excluding diaryl/α,β-unsaturated/α-hetero) is 1. The van der Waals surface area contributed by atoms with Crippen molar-refractivity contribution in [2.24, 2.45) is 5.92 Å². The molecule has 0 aliphatic rings. The number of para-hydroxylation sites is 1. The smallest absolute Gasteiger partial charge is 0.133 e. The van der Waals surface area contributed by atoms with E-state index < -0.39 is 0 Å². The van der Waals surface area contributed by atoms with Gasteiger partial charge in [-0.2, -0.15) is 5.10 Å². The summed E-state index contributed by atoms with van der Waals surface area (Å²) in [5, 5.41) is 13.4. The molecule has 4 nitrogen and oxygen atoms in total. The topological polar surface area (TPSA) is 55.1 Å². The fourth-order valence-corrected chi connectivity index (χ4v) is 2.05. The molecular formula is C15H18N2O2. The number of aliphatic hydroxyl groups is 1. The van der Waals surface area contributed by atoms with Crippen molar-refractivity contribution < 1.29 is 9.90 Å². The number of aliphatic hydroxyl groups excluding tert-OH is 1. The molecule has 1 unspecified atom stereocenters. The molecule has 0 bridgehead atoms. The van der Waals surface area contributed by atoms with Gasteiger partial charge in [-0.1, -0.05) is 18.2 Å². The van der Waals surface area contributed by atoms with E-state index in [1.54, 1.807) is 11.6 Å². The first kappa shape index (κ1) is 13.5. The summed E-state index contributed by atoms with van der Waals surface area (Å²) in [6.45, 7) is 1.60. The van der Waals surface area contributed by atoms with Gasteiger partial charge >= 0.3 is 0 Å². The van der Waals surface area contributed by atoms with Crippen molar-refractivity contribution in [1.82, 2.24) is 9.78 Å². The van der Waals surface area contributed by atoms with Gasteiger partial charge in [-0.05, 0) is 31.5 Å². The molecule has 1 aromatic carbocycles. The monoisotopic (exact) mass is 258 g/mol. The maximum absolute atomic E-state index is 11.5. The number of nitrogens with zero attached hydrogens (tertiary/aromatic N) is 2. The Labute approximate surface area is 112 Å². The van der Waals surface area contributed by atoms with E-state index in [9.17, 15) is 4.79 Å². The number of aromatic nitrogens is 2. The second-order valence-electron chi connectivity index (χ2n) is 4.61. The van der Waals surface area contributed by atoms with Crippen molar-refractivity contribution in [3.05, 3.63) is 48.3 Å². The fourth-order valence-electron chi connectivity index (χ4n) is 2.05. The Bertz CT molecular complexity index is 534. The van der Waals surface area contributed by atoms with Crippen molar-refractivity contribution in [3.63, 3.8) is 0 Å². The predicted molar refractivity (Wildman–Crippen MR) is 73.1 cm³/mol. The number of carbonyl (C=O) groups is 1.